The van der Waals surface area contributed by atoms with Crippen LogP contribution in [0.1, 0.15) is 168 Å². The molecule has 0 fully saturated rings. The van der Waals surface area contributed by atoms with Gasteiger partial charge < -0.3 is 35.4 Å². The van der Waals surface area contributed by atoms with Gasteiger partial charge in [0.05, 0.1) is 25.4 Å². The Morgan fingerprint density at radius 3 is 1.68 bits per heavy atom. The summed E-state index contributed by atoms with van der Waals surface area (Å²) in [6.45, 7) is 2.46. The predicted molar refractivity (Wildman–Crippen MR) is 247 cm³/mol. The highest BCUT2D eigenvalue weighted by Crippen LogP contribution is 2.43. The van der Waals surface area contributed by atoms with Gasteiger partial charge in [0.1, 0.15) is 12.6 Å². The molecule has 0 aliphatic carbocycles. The first-order chi connectivity index (χ1) is 29.9. The summed E-state index contributed by atoms with van der Waals surface area (Å²) in [5.41, 5.74) is 5.33. The fraction of sp³-hybridized carbons (Fsp3) is 0.688. The van der Waals surface area contributed by atoms with Gasteiger partial charge in [-0.3, -0.25) is 23.4 Å². The number of carboxylic acid groups (broad SMARTS) is 1. The molecule has 0 bridgehead atoms. The van der Waals surface area contributed by atoms with E-state index in [2.05, 4.69) is 48.8 Å². The second-order valence-electron chi connectivity index (χ2n) is 15.6. The first-order valence-electron chi connectivity index (χ1n) is 23.2. The molecule has 0 spiro atoms. The van der Waals surface area contributed by atoms with Crippen LogP contribution < -0.4 is 5.73 Å². The number of nitrogens with two attached hydrogens (primary N) is 1. The van der Waals surface area contributed by atoms with E-state index in [0.717, 1.165) is 51.4 Å². The van der Waals surface area contributed by atoms with Crippen LogP contribution in [0.15, 0.2) is 72.9 Å². The van der Waals surface area contributed by atoms with Gasteiger partial charge in [0.15, 0.2) is 6.10 Å². The Morgan fingerprint density at radius 2 is 1.10 bits per heavy atom. The first kappa shape index (κ1) is 58.8. The second kappa shape index (κ2) is 41.8. The third-order valence-electron chi connectivity index (χ3n) is 9.62. The SMILES string of the molecule is CCCCC/C=C\C/C=C\CCCCCCCCCCCC(=O)O[C@H](COC(=O)CCC[C@H](O)\C=C/C=C/C=C/[C@H](O)C/C=C\CCCCC)COP(=O)(O)OC[C@H](N)C(=O)O. The zero-order valence-electron chi connectivity index (χ0n) is 37.9. The Hall–Kier alpha value is -3.16. The van der Waals surface area contributed by atoms with Gasteiger partial charge >= 0.3 is 25.7 Å². The van der Waals surface area contributed by atoms with Gasteiger partial charge in [-0.15, -0.1) is 0 Å². The number of rotatable bonds is 42. The number of aliphatic hydroxyl groups excluding tert-OH is 2. The van der Waals surface area contributed by atoms with E-state index in [1.54, 1.807) is 36.5 Å². The lowest BCUT2D eigenvalue weighted by Crippen LogP contribution is -2.34. The maximum absolute atomic E-state index is 12.7. The maximum atomic E-state index is 12.7. The van der Waals surface area contributed by atoms with Crippen molar-refractivity contribution in [2.75, 3.05) is 19.8 Å². The lowest BCUT2D eigenvalue weighted by atomic mass is 10.1. The average Bonchev–Trinajstić information content (AvgIpc) is 3.24. The molecule has 0 aromatic carbocycles. The van der Waals surface area contributed by atoms with E-state index in [1.165, 1.54) is 64.2 Å². The van der Waals surface area contributed by atoms with Crippen molar-refractivity contribution in [1.82, 2.24) is 0 Å². The monoisotopic (exact) mass is 896 g/mol. The first-order valence-corrected chi connectivity index (χ1v) is 24.7. The number of phosphoric ester groups is 1. The van der Waals surface area contributed by atoms with Crippen molar-refractivity contribution in [3.8, 4) is 0 Å². The fourth-order valence-corrected chi connectivity index (χ4v) is 6.65. The van der Waals surface area contributed by atoms with Gasteiger partial charge in [-0.1, -0.05) is 157 Å². The van der Waals surface area contributed by atoms with Crippen LogP contribution in [0.4, 0.5) is 0 Å². The number of phosphoric acid groups is 1. The van der Waals surface area contributed by atoms with Gasteiger partial charge in [0.25, 0.3) is 0 Å². The Kier molecular flexibility index (Phi) is 39.7. The highest BCUT2D eigenvalue weighted by molar-refractivity contribution is 7.47. The number of carboxylic acids is 1. The summed E-state index contributed by atoms with van der Waals surface area (Å²) in [5.74, 6) is -2.66. The number of carbonyl (C=O) groups excluding carboxylic acids is 2. The van der Waals surface area contributed by atoms with Crippen LogP contribution in [0.5, 0.6) is 0 Å². The van der Waals surface area contributed by atoms with E-state index in [-0.39, 0.29) is 19.3 Å². The molecule has 13 nitrogen and oxygen atoms in total. The molecule has 1 unspecified atom stereocenters. The molecule has 0 aromatic rings. The van der Waals surface area contributed by atoms with Crippen LogP contribution in [-0.2, 0) is 37.5 Å². The number of ether oxygens (including phenoxy) is 2. The highest BCUT2D eigenvalue weighted by Gasteiger charge is 2.28. The molecule has 0 radical (unpaired) electrons. The highest BCUT2D eigenvalue weighted by atomic mass is 31.2. The second-order valence-corrected chi connectivity index (χ2v) is 17.0. The van der Waals surface area contributed by atoms with Gasteiger partial charge in [-0.2, -0.15) is 0 Å². The van der Waals surface area contributed by atoms with Crippen molar-refractivity contribution in [3.05, 3.63) is 72.9 Å². The molecule has 0 saturated carbocycles. The zero-order chi connectivity index (χ0) is 45.9. The summed E-state index contributed by atoms with van der Waals surface area (Å²) in [6.07, 6.45) is 43.0. The standard InChI is InChI=1S/C48H82NO12P/c1-3-5-7-9-11-12-13-14-15-16-17-18-19-20-21-22-23-25-31-37-47(53)61-44(40-59-62(56,57)60-41-45(49)48(54)55)39-58-46(52)38-32-36-43(51)35-30-27-26-29-34-42(50)33-28-24-10-8-6-4-2/h11-12,14-15,24,26-30,34-35,42-45,50-51H,3-10,13,16-23,25,31-33,36-41,49H2,1-2H3,(H,54,55)(H,56,57)/b12-11-,15-14-,27-26+,28-24-,34-29+,35-30-/t42-,43-,44-,45+/m1/s1. The third kappa shape index (κ3) is 40.9. The molecule has 0 amide bonds. The van der Waals surface area contributed by atoms with Gasteiger partial charge in [0.2, 0.25) is 0 Å². The average molecular weight is 896 g/mol. The molecule has 356 valence electrons. The predicted octanol–water partition coefficient (Wildman–Crippen LogP) is 10.4. The van der Waals surface area contributed by atoms with Crippen molar-refractivity contribution in [2.45, 2.75) is 192 Å². The van der Waals surface area contributed by atoms with Crippen molar-refractivity contribution in [1.29, 1.82) is 0 Å². The fourth-order valence-electron chi connectivity index (χ4n) is 5.88. The summed E-state index contributed by atoms with van der Waals surface area (Å²) in [7, 11) is -4.78. The summed E-state index contributed by atoms with van der Waals surface area (Å²) < 4.78 is 32.6. The molecule has 62 heavy (non-hydrogen) atoms. The molecule has 6 N–H and O–H groups in total. The largest absolute Gasteiger partial charge is 0.480 e. The van der Waals surface area contributed by atoms with Crippen molar-refractivity contribution >= 4 is 25.7 Å². The molecule has 0 heterocycles. The molecule has 0 saturated heterocycles. The molecular formula is C48H82NO12P. The molecular weight excluding hydrogens is 813 g/mol. The number of esters is 2. The number of allylic oxidation sites excluding steroid dienone is 9. The van der Waals surface area contributed by atoms with Crippen molar-refractivity contribution in [2.24, 2.45) is 5.73 Å². The minimum absolute atomic E-state index is 0.0423. The van der Waals surface area contributed by atoms with E-state index in [1.807, 2.05) is 6.08 Å². The Balaban J connectivity index is 4.57. The summed E-state index contributed by atoms with van der Waals surface area (Å²) in [6, 6.07) is -1.56. The number of hydrogen-bond acceptors (Lipinski definition) is 11. The normalized spacial score (nSPS) is 15.3. The molecule has 0 rings (SSSR count). The van der Waals surface area contributed by atoms with Crippen molar-refractivity contribution < 1.29 is 57.7 Å². The van der Waals surface area contributed by atoms with Gasteiger partial charge in [-0.05, 0) is 70.6 Å². The zero-order valence-corrected chi connectivity index (χ0v) is 38.8. The molecule has 0 aliphatic rings. The number of aliphatic hydroxyl groups is 2. The minimum atomic E-state index is -4.78. The number of unbranched alkanes of at least 4 members (excludes halogenated alkanes) is 15. The quantitative estimate of drug-likeness (QED) is 0.0127. The van der Waals surface area contributed by atoms with Crippen molar-refractivity contribution in [3.63, 3.8) is 0 Å². The van der Waals surface area contributed by atoms with Crippen LogP contribution in [0.25, 0.3) is 0 Å². The Morgan fingerprint density at radius 1 is 0.597 bits per heavy atom. The summed E-state index contributed by atoms with van der Waals surface area (Å²) in [5, 5.41) is 29.2. The molecule has 0 aromatic heterocycles. The number of hydrogen-bond donors (Lipinski definition) is 5. The van der Waals surface area contributed by atoms with Crippen LogP contribution in [0, 0.1) is 0 Å². The number of aliphatic carboxylic acids is 1. The van der Waals surface area contributed by atoms with E-state index in [4.69, 9.17) is 24.8 Å². The van der Waals surface area contributed by atoms with E-state index in [0.29, 0.717) is 19.3 Å². The van der Waals surface area contributed by atoms with E-state index < -0.39 is 69.9 Å². The van der Waals surface area contributed by atoms with Gasteiger partial charge in [0, 0.05) is 12.8 Å². The lowest BCUT2D eigenvalue weighted by Gasteiger charge is -2.20. The topological polar surface area (TPSA) is 212 Å². The Bertz CT molecular complexity index is 1360. The smallest absolute Gasteiger partial charge is 0.472 e. The van der Waals surface area contributed by atoms with Crippen LogP contribution in [-0.4, -0.2) is 82.3 Å². The lowest BCUT2D eigenvalue weighted by molar-refractivity contribution is -0.161. The maximum Gasteiger partial charge on any atom is 0.472 e. The van der Waals surface area contributed by atoms with E-state index in [9.17, 15) is 34.1 Å². The minimum Gasteiger partial charge on any atom is -0.480 e. The summed E-state index contributed by atoms with van der Waals surface area (Å²) >= 11 is 0. The molecule has 0 aliphatic heterocycles. The summed E-state index contributed by atoms with van der Waals surface area (Å²) in [4.78, 5) is 46.1. The van der Waals surface area contributed by atoms with Gasteiger partial charge in [-0.25, -0.2) is 4.57 Å². The molecule has 5 atom stereocenters. The van der Waals surface area contributed by atoms with Crippen LogP contribution >= 0.6 is 7.82 Å². The van der Waals surface area contributed by atoms with Crippen LogP contribution in [0.2, 0.25) is 0 Å². The number of carbonyl (C=O) groups is 3. The molecule has 14 heteroatoms. The van der Waals surface area contributed by atoms with Crippen LogP contribution in [0.3, 0.4) is 0 Å². The third-order valence-corrected chi connectivity index (χ3v) is 10.6. The van der Waals surface area contributed by atoms with E-state index >= 15 is 0 Å². The Labute approximate surface area is 373 Å².